The van der Waals surface area contributed by atoms with E-state index >= 15 is 0 Å². The number of rotatable bonds is 6. The number of nitrogens with one attached hydrogen (secondary N) is 2. The second kappa shape index (κ2) is 9.84. The van der Waals surface area contributed by atoms with Gasteiger partial charge in [-0.2, -0.15) is 0 Å². The van der Waals surface area contributed by atoms with Gasteiger partial charge in [-0.1, -0.05) is 33.8 Å². The average Bonchev–Trinajstić information content (AvgIpc) is 3.29. The molecule has 1 aliphatic heterocycles. The van der Waals surface area contributed by atoms with E-state index in [0.717, 1.165) is 19.3 Å². The minimum absolute atomic E-state index is 0.0976. The van der Waals surface area contributed by atoms with E-state index in [1.165, 1.54) is 0 Å². The summed E-state index contributed by atoms with van der Waals surface area (Å²) in [7, 11) is 0. The van der Waals surface area contributed by atoms with Crippen molar-refractivity contribution in [1.82, 2.24) is 5.32 Å². The fourth-order valence-corrected chi connectivity index (χ4v) is 8.60. The van der Waals surface area contributed by atoms with Crippen LogP contribution in [-0.2, 0) is 14.3 Å². The van der Waals surface area contributed by atoms with Crippen molar-refractivity contribution in [2.45, 2.75) is 72.0 Å². The molecular weight excluding hydrogens is 498 g/mol. The van der Waals surface area contributed by atoms with E-state index in [9.17, 15) is 24.3 Å². The third-order valence-electron chi connectivity index (χ3n) is 11.3. The average molecular weight is 542 g/mol. The molecule has 214 valence electrons. The lowest BCUT2D eigenvalue weighted by Gasteiger charge is -2.61. The Balaban J connectivity index is 1.42. The van der Waals surface area contributed by atoms with Crippen LogP contribution in [0.1, 0.15) is 59.8 Å². The van der Waals surface area contributed by atoms with Crippen LogP contribution in [0.15, 0.2) is 22.2 Å². The highest BCUT2D eigenvalue weighted by Gasteiger charge is 2.68. The van der Waals surface area contributed by atoms with E-state index in [1.54, 1.807) is 6.08 Å². The van der Waals surface area contributed by atoms with Gasteiger partial charge in [-0.15, -0.1) is 6.58 Å². The zero-order valence-corrected chi connectivity index (χ0v) is 23.7. The van der Waals surface area contributed by atoms with E-state index in [0.29, 0.717) is 44.7 Å². The minimum Gasteiger partial charge on any atom is -0.460 e. The number of anilines is 2. The summed E-state index contributed by atoms with van der Waals surface area (Å²) >= 11 is 0. The van der Waals surface area contributed by atoms with Gasteiger partial charge in [0.25, 0.3) is 10.9 Å². The maximum atomic E-state index is 13.5. The fraction of sp³-hybridized carbons (Fsp3) is 0.733. The first kappa shape index (κ1) is 28.0. The van der Waals surface area contributed by atoms with Crippen LogP contribution in [0.2, 0.25) is 0 Å². The van der Waals surface area contributed by atoms with Crippen molar-refractivity contribution in [3.8, 4) is 0 Å². The van der Waals surface area contributed by atoms with Gasteiger partial charge in [-0.3, -0.25) is 19.2 Å². The third kappa shape index (κ3) is 4.10. The van der Waals surface area contributed by atoms with Crippen LogP contribution in [0, 0.1) is 34.0 Å². The standard InChI is InChI=1S/C30H43N3O6/c1-6-28(4)15-20(29(5)17(2)7-9-30(18(3)27(28)38)10-8-19(34)26(29)30)39-21(35)16-32-22-23(25(37)24(22)36)33-13-11-31-12-14-33/h6,17-18,20,26-27,31-32,38H,1,7-16H2,2-5H3/t17-,18+,20-,26+,27+,28-,29+,30+/m1/s1. The van der Waals surface area contributed by atoms with Crippen molar-refractivity contribution in [3.63, 3.8) is 0 Å². The molecule has 8 atom stereocenters. The van der Waals surface area contributed by atoms with Gasteiger partial charge in [0.05, 0.1) is 6.10 Å². The molecule has 0 aromatic heterocycles. The predicted molar refractivity (Wildman–Crippen MR) is 150 cm³/mol. The third-order valence-corrected chi connectivity index (χ3v) is 11.3. The Kier molecular flexibility index (Phi) is 7.07. The predicted octanol–water partition coefficient (Wildman–Crippen LogP) is 2.01. The van der Waals surface area contributed by atoms with Gasteiger partial charge < -0.3 is 25.4 Å². The van der Waals surface area contributed by atoms with Crippen molar-refractivity contribution < 1.29 is 19.4 Å². The molecule has 4 aliphatic rings. The van der Waals surface area contributed by atoms with Gasteiger partial charge in [0, 0.05) is 49.3 Å². The molecule has 3 saturated carbocycles. The summed E-state index contributed by atoms with van der Waals surface area (Å²) < 4.78 is 6.23. The molecule has 39 heavy (non-hydrogen) atoms. The molecule has 3 aliphatic carbocycles. The topological polar surface area (TPSA) is 125 Å². The number of carbonyl (C=O) groups excluding carboxylic acids is 2. The van der Waals surface area contributed by atoms with E-state index < -0.39 is 39.9 Å². The second-order valence-electron chi connectivity index (χ2n) is 13.0. The lowest BCUT2D eigenvalue weighted by Crippen LogP contribution is -2.63. The fourth-order valence-electron chi connectivity index (χ4n) is 8.60. The summed E-state index contributed by atoms with van der Waals surface area (Å²) in [5.41, 5.74) is -2.30. The molecular formula is C30H43N3O6. The van der Waals surface area contributed by atoms with Gasteiger partial charge >= 0.3 is 5.97 Å². The number of hydrogen-bond acceptors (Lipinski definition) is 9. The van der Waals surface area contributed by atoms with Crippen LogP contribution in [0.4, 0.5) is 11.4 Å². The number of ether oxygens (including phenoxy) is 1. The lowest BCUT2D eigenvalue weighted by molar-refractivity contribution is -0.205. The Morgan fingerprint density at radius 3 is 2.54 bits per heavy atom. The zero-order valence-electron chi connectivity index (χ0n) is 23.7. The van der Waals surface area contributed by atoms with E-state index in [1.807, 2.05) is 11.8 Å². The first-order valence-electron chi connectivity index (χ1n) is 14.5. The molecule has 0 spiro atoms. The molecule has 5 rings (SSSR count). The number of nitrogens with zero attached hydrogens (tertiary/aromatic N) is 1. The van der Waals surface area contributed by atoms with Crippen LogP contribution >= 0.6 is 0 Å². The number of piperazine rings is 1. The van der Waals surface area contributed by atoms with Crippen molar-refractivity contribution in [1.29, 1.82) is 0 Å². The number of ketones is 1. The van der Waals surface area contributed by atoms with Gasteiger partial charge in [-0.05, 0) is 42.9 Å². The summed E-state index contributed by atoms with van der Waals surface area (Å²) in [6.07, 6.45) is 3.75. The Labute approximate surface area is 230 Å². The van der Waals surface area contributed by atoms with Crippen LogP contribution in [0.25, 0.3) is 0 Å². The van der Waals surface area contributed by atoms with Crippen LogP contribution in [0.5, 0.6) is 0 Å². The first-order chi connectivity index (χ1) is 18.4. The Morgan fingerprint density at radius 2 is 1.87 bits per heavy atom. The van der Waals surface area contributed by atoms with Gasteiger partial charge in [0.2, 0.25) is 0 Å². The number of hydrogen-bond donors (Lipinski definition) is 3. The maximum Gasteiger partial charge on any atom is 0.325 e. The van der Waals surface area contributed by atoms with Crippen LogP contribution in [0.3, 0.4) is 0 Å². The van der Waals surface area contributed by atoms with Crippen molar-refractivity contribution in [2.24, 2.45) is 34.0 Å². The first-order valence-corrected chi connectivity index (χ1v) is 14.5. The molecule has 9 nitrogen and oxygen atoms in total. The summed E-state index contributed by atoms with van der Waals surface area (Å²) in [4.78, 5) is 53.4. The monoisotopic (exact) mass is 541 g/mol. The number of aliphatic hydroxyl groups excluding tert-OH is 1. The quantitative estimate of drug-likeness (QED) is 0.282. The SMILES string of the molecule is C=C[C@]1(C)C[C@@H](OC(=O)CNc2c(N3CCNCC3)c(=O)c2=O)[C@]2(C)[C@H](C)CC[C@]3(CCC(=O)[C@H]32)[C@@H](C)[C@@H]1O. The molecule has 1 heterocycles. The van der Waals surface area contributed by atoms with Crippen molar-refractivity contribution >= 4 is 23.1 Å². The van der Waals surface area contributed by atoms with E-state index in [-0.39, 0.29) is 41.2 Å². The maximum absolute atomic E-state index is 13.5. The highest BCUT2D eigenvalue weighted by atomic mass is 16.5. The summed E-state index contributed by atoms with van der Waals surface area (Å²) in [5, 5.41) is 17.8. The molecule has 4 fully saturated rings. The van der Waals surface area contributed by atoms with Crippen molar-refractivity contribution in [2.75, 3.05) is 42.9 Å². The van der Waals surface area contributed by atoms with Gasteiger partial charge in [0.1, 0.15) is 29.8 Å². The largest absolute Gasteiger partial charge is 0.460 e. The second-order valence-corrected chi connectivity index (χ2v) is 13.0. The number of aliphatic hydroxyl groups is 1. The molecule has 2 bridgehead atoms. The smallest absolute Gasteiger partial charge is 0.325 e. The molecule has 1 saturated heterocycles. The molecule has 0 amide bonds. The van der Waals surface area contributed by atoms with E-state index in [4.69, 9.17) is 4.74 Å². The highest BCUT2D eigenvalue weighted by molar-refractivity contribution is 5.86. The number of Topliss-reactive ketones (excluding diaryl/α,β-unsaturated/α-hetero) is 1. The van der Waals surface area contributed by atoms with Gasteiger partial charge in [-0.25, -0.2) is 0 Å². The molecule has 0 unspecified atom stereocenters. The number of carbonyl (C=O) groups is 2. The van der Waals surface area contributed by atoms with Gasteiger partial charge in [0.15, 0.2) is 0 Å². The summed E-state index contributed by atoms with van der Waals surface area (Å²) in [5.74, 6) is -0.614. The normalized spacial score (nSPS) is 40.5. The highest BCUT2D eigenvalue weighted by Crippen LogP contribution is 2.68. The zero-order chi connectivity index (χ0) is 28.3. The Hall–Kier alpha value is -2.52. The van der Waals surface area contributed by atoms with E-state index in [2.05, 4.69) is 38.0 Å². The summed E-state index contributed by atoms with van der Waals surface area (Å²) in [6, 6.07) is 0. The minimum atomic E-state index is -0.731. The molecule has 9 heteroatoms. The Morgan fingerprint density at radius 1 is 1.18 bits per heavy atom. The van der Waals surface area contributed by atoms with Crippen LogP contribution in [-0.4, -0.2) is 61.8 Å². The molecule has 1 aromatic rings. The Bertz CT molecular complexity index is 1230. The summed E-state index contributed by atoms with van der Waals surface area (Å²) in [6.45, 7) is 14.7. The molecule has 0 radical (unpaired) electrons. The molecule has 3 N–H and O–H groups in total. The van der Waals surface area contributed by atoms with Crippen LogP contribution < -0.4 is 26.4 Å². The number of esters is 1. The van der Waals surface area contributed by atoms with Crippen molar-refractivity contribution in [3.05, 3.63) is 33.1 Å². The lowest BCUT2D eigenvalue weighted by atomic mass is 9.44. The molecule has 1 aromatic carbocycles.